The number of hydrogen-bond donors (Lipinski definition) is 0. The van der Waals surface area contributed by atoms with Crippen LogP contribution in [0.1, 0.15) is 6.42 Å². The van der Waals surface area contributed by atoms with Gasteiger partial charge in [0.1, 0.15) is 0 Å². The van der Waals surface area contributed by atoms with Gasteiger partial charge in [0.25, 0.3) is 0 Å². The van der Waals surface area contributed by atoms with Crippen LogP contribution < -0.4 is 4.31 Å². The van der Waals surface area contributed by atoms with Crippen molar-refractivity contribution in [2.24, 2.45) is 0 Å². The van der Waals surface area contributed by atoms with Crippen molar-refractivity contribution in [3.63, 3.8) is 0 Å². The van der Waals surface area contributed by atoms with Gasteiger partial charge in [-0.15, -0.1) is 0 Å². The van der Waals surface area contributed by atoms with Gasteiger partial charge in [0, 0.05) is 44.0 Å². The normalized spacial score (nSPS) is 22.5. The quantitative estimate of drug-likeness (QED) is 0.769. The van der Waals surface area contributed by atoms with E-state index < -0.39 is 10.2 Å². The maximum atomic E-state index is 13.1. The van der Waals surface area contributed by atoms with E-state index in [0.29, 0.717) is 38.3 Å². The molecule has 1 aromatic heterocycles. The third-order valence-electron chi connectivity index (χ3n) is 4.91. The molecule has 2 saturated heterocycles. The first-order valence-corrected chi connectivity index (χ1v) is 9.95. The van der Waals surface area contributed by atoms with Crippen LogP contribution in [0.3, 0.4) is 0 Å². The van der Waals surface area contributed by atoms with Crippen LogP contribution in [-0.4, -0.2) is 54.8 Å². The Morgan fingerprint density at radius 2 is 2.00 bits per heavy atom. The SMILES string of the molecule is N#CN1CCC(N2CCN(c3cccc(-c4ccccn4)c3)S2(=O)=O)C1. The van der Waals surface area contributed by atoms with E-state index in [4.69, 9.17) is 5.26 Å². The van der Waals surface area contributed by atoms with Gasteiger partial charge in [-0.1, -0.05) is 18.2 Å². The first-order valence-electron chi connectivity index (χ1n) is 8.55. The lowest BCUT2D eigenvalue weighted by molar-refractivity contribution is 0.345. The van der Waals surface area contributed by atoms with Crippen molar-refractivity contribution in [3.05, 3.63) is 48.7 Å². The monoisotopic (exact) mass is 369 g/mol. The second-order valence-electron chi connectivity index (χ2n) is 6.44. The Kier molecular flexibility index (Phi) is 4.26. The molecule has 1 unspecified atom stereocenters. The first-order chi connectivity index (χ1) is 12.6. The molecular weight excluding hydrogens is 350 g/mol. The van der Waals surface area contributed by atoms with Gasteiger partial charge >= 0.3 is 10.2 Å². The Morgan fingerprint density at radius 3 is 2.73 bits per heavy atom. The highest BCUT2D eigenvalue weighted by Crippen LogP contribution is 2.31. The fourth-order valence-electron chi connectivity index (χ4n) is 3.60. The smallest absolute Gasteiger partial charge is 0.304 e. The van der Waals surface area contributed by atoms with Gasteiger partial charge < -0.3 is 4.90 Å². The third-order valence-corrected chi connectivity index (χ3v) is 6.93. The van der Waals surface area contributed by atoms with Crippen molar-refractivity contribution >= 4 is 15.9 Å². The van der Waals surface area contributed by atoms with E-state index in [0.717, 1.165) is 11.3 Å². The standard InChI is InChI=1S/C18H19N5O2S/c19-14-21-9-7-17(13-21)23-11-10-22(26(23,24)25)16-5-3-4-15(12-16)18-6-1-2-8-20-18/h1-6,8,12,17H,7,9-11,13H2. The maximum Gasteiger partial charge on any atom is 0.304 e. The minimum atomic E-state index is -3.58. The summed E-state index contributed by atoms with van der Waals surface area (Å²) in [7, 11) is -3.58. The first kappa shape index (κ1) is 16.8. The molecule has 7 nitrogen and oxygen atoms in total. The van der Waals surface area contributed by atoms with E-state index in [-0.39, 0.29) is 6.04 Å². The molecule has 1 atom stereocenters. The number of nitrogens with zero attached hydrogens (tertiary/aromatic N) is 5. The van der Waals surface area contributed by atoms with Crippen molar-refractivity contribution < 1.29 is 8.42 Å². The molecule has 2 aliphatic heterocycles. The summed E-state index contributed by atoms with van der Waals surface area (Å²) in [4.78, 5) is 5.95. The summed E-state index contributed by atoms with van der Waals surface area (Å²) in [6.07, 6.45) is 4.51. The molecule has 2 aliphatic rings. The molecule has 2 fully saturated rings. The number of benzene rings is 1. The summed E-state index contributed by atoms with van der Waals surface area (Å²) >= 11 is 0. The predicted molar refractivity (Wildman–Crippen MR) is 98.2 cm³/mol. The lowest BCUT2D eigenvalue weighted by Gasteiger charge is -2.24. The lowest BCUT2D eigenvalue weighted by atomic mass is 10.1. The summed E-state index contributed by atoms with van der Waals surface area (Å²) in [6.45, 7) is 1.94. The Morgan fingerprint density at radius 1 is 1.12 bits per heavy atom. The molecular formula is C18H19N5O2S. The topological polar surface area (TPSA) is 80.5 Å². The average molecular weight is 369 g/mol. The highest BCUT2D eigenvalue weighted by atomic mass is 32.2. The zero-order chi connectivity index (χ0) is 18.1. The fraction of sp³-hybridized carbons (Fsp3) is 0.333. The van der Waals surface area contributed by atoms with Gasteiger partial charge in [0.15, 0.2) is 6.19 Å². The summed E-state index contributed by atoms with van der Waals surface area (Å²) in [5.74, 6) is 0. The van der Waals surface area contributed by atoms with Crippen LogP contribution in [0, 0.1) is 11.5 Å². The number of hydrogen-bond acceptors (Lipinski definition) is 5. The zero-order valence-electron chi connectivity index (χ0n) is 14.2. The summed E-state index contributed by atoms with van der Waals surface area (Å²) in [5.41, 5.74) is 2.34. The molecule has 0 bridgehead atoms. The summed E-state index contributed by atoms with van der Waals surface area (Å²) in [5, 5.41) is 9.02. The Bertz CT molecular complexity index is 942. The van der Waals surface area contributed by atoms with Crippen molar-refractivity contribution in [2.75, 3.05) is 30.5 Å². The average Bonchev–Trinajstić information content (AvgIpc) is 3.26. The van der Waals surface area contributed by atoms with Crippen molar-refractivity contribution in [2.45, 2.75) is 12.5 Å². The predicted octanol–water partition coefficient (Wildman–Crippen LogP) is 1.67. The minimum Gasteiger partial charge on any atom is -0.309 e. The van der Waals surface area contributed by atoms with Crippen molar-refractivity contribution in [1.29, 1.82) is 5.26 Å². The van der Waals surface area contributed by atoms with Crippen LogP contribution >= 0.6 is 0 Å². The highest BCUT2D eigenvalue weighted by molar-refractivity contribution is 7.90. The Labute approximate surface area is 153 Å². The number of anilines is 1. The van der Waals surface area contributed by atoms with Crippen LogP contribution in [0.4, 0.5) is 5.69 Å². The van der Waals surface area contributed by atoms with E-state index in [1.165, 1.54) is 8.61 Å². The van der Waals surface area contributed by atoms with Crippen molar-refractivity contribution in [1.82, 2.24) is 14.2 Å². The lowest BCUT2D eigenvalue weighted by Crippen LogP contribution is -2.41. The Hall–Kier alpha value is -2.63. The van der Waals surface area contributed by atoms with Crippen LogP contribution in [-0.2, 0) is 10.2 Å². The number of pyridine rings is 1. The number of nitriles is 1. The maximum absolute atomic E-state index is 13.1. The van der Waals surface area contributed by atoms with E-state index in [2.05, 4.69) is 11.2 Å². The molecule has 4 rings (SSSR count). The molecule has 0 amide bonds. The van der Waals surface area contributed by atoms with E-state index in [1.807, 2.05) is 42.5 Å². The Balaban J connectivity index is 1.61. The van der Waals surface area contributed by atoms with Gasteiger partial charge in [-0.05, 0) is 30.7 Å². The molecule has 8 heteroatoms. The van der Waals surface area contributed by atoms with E-state index in [9.17, 15) is 8.42 Å². The second kappa shape index (κ2) is 6.59. The van der Waals surface area contributed by atoms with Crippen LogP contribution in [0.2, 0.25) is 0 Å². The molecule has 3 heterocycles. The van der Waals surface area contributed by atoms with Gasteiger partial charge in [0.05, 0.1) is 11.4 Å². The van der Waals surface area contributed by atoms with E-state index in [1.54, 1.807) is 11.1 Å². The molecule has 2 aromatic rings. The second-order valence-corrected chi connectivity index (χ2v) is 8.25. The van der Waals surface area contributed by atoms with Crippen LogP contribution in [0.5, 0.6) is 0 Å². The fourth-order valence-corrected chi connectivity index (χ4v) is 5.41. The largest absolute Gasteiger partial charge is 0.309 e. The highest BCUT2D eigenvalue weighted by Gasteiger charge is 2.43. The van der Waals surface area contributed by atoms with Gasteiger partial charge in [-0.25, -0.2) is 0 Å². The molecule has 26 heavy (non-hydrogen) atoms. The molecule has 0 N–H and O–H groups in total. The van der Waals surface area contributed by atoms with Gasteiger partial charge in [0.2, 0.25) is 0 Å². The summed E-state index contributed by atoms with van der Waals surface area (Å²) < 4.78 is 29.1. The molecule has 0 spiro atoms. The molecule has 134 valence electrons. The minimum absolute atomic E-state index is 0.136. The van der Waals surface area contributed by atoms with Crippen LogP contribution in [0.25, 0.3) is 11.3 Å². The zero-order valence-corrected chi connectivity index (χ0v) is 15.0. The molecule has 0 radical (unpaired) electrons. The molecule has 0 saturated carbocycles. The van der Waals surface area contributed by atoms with Gasteiger partial charge in [-0.3, -0.25) is 9.29 Å². The number of aromatic nitrogens is 1. The van der Waals surface area contributed by atoms with Crippen molar-refractivity contribution in [3.8, 4) is 17.5 Å². The molecule has 1 aromatic carbocycles. The van der Waals surface area contributed by atoms with Gasteiger partial charge in [-0.2, -0.15) is 18.0 Å². The van der Waals surface area contributed by atoms with Crippen LogP contribution in [0.15, 0.2) is 48.7 Å². The molecule has 0 aliphatic carbocycles. The summed E-state index contributed by atoms with van der Waals surface area (Å²) in [6, 6.07) is 13.0. The third kappa shape index (κ3) is 2.89. The van der Waals surface area contributed by atoms with E-state index >= 15 is 0 Å². The number of rotatable bonds is 3. The number of likely N-dealkylation sites (tertiary alicyclic amines) is 1.